The van der Waals surface area contributed by atoms with Crippen molar-refractivity contribution in [1.29, 1.82) is 0 Å². The molecule has 0 unspecified atom stereocenters. The minimum Gasteiger partial charge on any atom is -0.334 e. The van der Waals surface area contributed by atoms with Crippen molar-refractivity contribution in [3.05, 3.63) is 65.7 Å². The maximum Gasteiger partial charge on any atom is 0.432 e. The third-order valence-corrected chi connectivity index (χ3v) is 4.97. The third kappa shape index (κ3) is 4.83. The van der Waals surface area contributed by atoms with Gasteiger partial charge in [0.2, 0.25) is 15.9 Å². The molecule has 0 fully saturated rings. The number of hydrogen-bond acceptors (Lipinski definition) is 4. The average molecular weight is 442 g/mol. The number of sulfonamides is 1. The highest BCUT2D eigenvalue weighted by Gasteiger charge is 2.33. The molecule has 2 aromatic carbocycles. The van der Waals surface area contributed by atoms with Gasteiger partial charge in [-0.2, -0.15) is 13.2 Å². The van der Waals surface area contributed by atoms with Crippen molar-refractivity contribution in [1.82, 2.24) is 9.97 Å². The Balaban J connectivity index is 1.91. The number of carbonyl (C=O) groups excluding carboxylic acids is 1. The van der Waals surface area contributed by atoms with Crippen LogP contribution in [0.5, 0.6) is 0 Å². The predicted molar refractivity (Wildman–Crippen MR) is 99.1 cm³/mol. The Morgan fingerprint density at radius 3 is 2.47 bits per heavy atom. The van der Waals surface area contributed by atoms with Crippen molar-refractivity contribution >= 4 is 21.6 Å². The molecule has 4 N–H and O–H groups in total. The van der Waals surface area contributed by atoms with Crippen LogP contribution < -0.4 is 10.5 Å². The molecule has 12 heteroatoms. The van der Waals surface area contributed by atoms with E-state index in [-0.39, 0.29) is 29.1 Å². The Morgan fingerprint density at radius 2 is 1.87 bits per heavy atom. The normalized spacial score (nSPS) is 12.0. The van der Waals surface area contributed by atoms with Gasteiger partial charge in [0.05, 0.1) is 17.5 Å². The van der Waals surface area contributed by atoms with Gasteiger partial charge in [0.15, 0.2) is 0 Å². The number of carbonyl (C=O) groups is 1. The lowest BCUT2D eigenvalue weighted by atomic mass is 10.1. The molecular formula is C18H14F4N4O3S. The summed E-state index contributed by atoms with van der Waals surface area (Å²) in [6.07, 6.45) is -4.49. The van der Waals surface area contributed by atoms with Crippen molar-refractivity contribution in [2.45, 2.75) is 17.5 Å². The summed E-state index contributed by atoms with van der Waals surface area (Å²) < 4.78 is 75.9. The van der Waals surface area contributed by atoms with E-state index in [4.69, 9.17) is 5.14 Å². The molecule has 0 radical (unpaired) electrons. The number of hydrogen-bond donors (Lipinski definition) is 3. The Kier molecular flexibility index (Phi) is 5.63. The summed E-state index contributed by atoms with van der Waals surface area (Å²) in [4.78, 5) is 17.2. The second kappa shape index (κ2) is 7.88. The van der Waals surface area contributed by atoms with Crippen LogP contribution in [0.2, 0.25) is 0 Å². The van der Waals surface area contributed by atoms with Crippen LogP contribution >= 0.6 is 0 Å². The molecule has 0 atom stereocenters. The number of primary sulfonamides is 1. The fourth-order valence-corrected chi connectivity index (χ4v) is 3.42. The Hall–Kier alpha value is -3.25. The number of amides is 1. The molecule has 30 heavy (non-hydrogen) atoms. The molecule has 0 aliphatic rings. The van der Waals surface area contributed by atoms with Crippen molar-refractivity contribution in [2.24, 2.45) is 5.14 Å². The summed E-state index contributed by atoms with van der Waals surface area (Å²) >= 11 is 0. The fourth-order valence-electron chi connectivity index (χ4n) is 2.65. The molecule has 0 saturated heterocycles. The van der Waals surface area contributed by atoms with Crippen molar-refractivity contribution < 1.29 is 30.8 Å². The lowest BCUT2D eigenvalue weighted by molar-refractivity contribution is -0.140. The largest absolute Gasteiger partial charge is 0.432 e. The van der Waals surface area contributed by atoms with Gasteiger partial charge in [0.1, 0.15) is 17.3 Å². The number of aromatic nitrogens is 2. The highest BCUT2D eigenvalue weighted by Crippen LogP contribution is 2.32. The SMILES string of the molecule is NS(=O)(=O)c1cc(NC(=O)Cc2ccccc2F)ccc1-c1ncc(C(F)(F)F)[nH]1. The number of rotatable bonds is 5. The van der Waals surface area contributed by atoms with E-state index in [0.717, 1.165) is 12.1 Å². The molecule has 0 bridgehead atoms. The van der Waals surface area contributed by atoms with Gasteiger partial charge in [0, 0.05) is 11.3 Å². The first-order valence-corrected chi connectivity index (χ1v) is 9.82. The van der Waals surface area contributed by atoms with Gasteiger partial charge in [-0.25, -0.2) is 22.9 Å². The molecule has 1 aromatic heterocycles. The summed E-state index contributed by atoms with van der Waals surface area (Å²) in [7, 11) is -4.38. The summed E-state index contributed by atoms with van der Waals surface area (Å²) in [5.41, 5.74) is -1.24. The zero-order chi connectivity index (χ0) is 22.1. The van der Waals surface area contributed by atoms with Crippen molar-refractivity contribution in [3.8, 4) is 11.4 Å². The van der Waals surface area contributed by atoms with Crippen LogP contribution in [0, 0.1) is 5.82 Å². The van der Waals surface area contributed by atoms with Gasteiger partial charge in [0.25, 0.3) is 0 Å². The molecule has 0 aliphatic heterocycles. The molecular weight excluding hydrogens is 428 g/mol. The van der Waals surface area contributed by atoms with Gasteiger partial charge >= 0.3 is 6.18 Å². The second-order valence-corrected chi connectivity index (χ2v) is 7.75. The number of nitrogens with one attached hydrogen (secondary N) is 2. The molecule has 3 aromatic rings. The first-order chi connectivity index (χ1) is 13.9. The minimum atomic E-state index is -4.70. The van der Waals surface area contributed by atoms with Crippen molar-refractivity contribution in [3.63, 3.8) is 0 Å². The van der Waals surface area contributed by atoms with Crippen LogP contribution in [0.15, 0.2) is 53.6 Å². The molecule has 0 aliphatic carbocycles. The molecule has 1 heterocycles. The van der Waals surface area contributed by atoms with E-state index in [1.807, 2.05) is 4.98 Å². The van der Waals surface area contributed by atoms with Crippen LogP contribution in [0.4, 0.5) is 23.2 Å². The van der Waals surface area contributed by atoms with E-state index in [2.05, 4.69) is 10.3 Å². The molecule has 158 valence electrons. The highest BCUT2D eigenvalue weighted by atomic mass is 32.2. The summed E-state index contributed by atoms with van der Waals surface area (Å²) in [6.45, 7) is 0. The number of aromatic amines is 1. The lowest BCUT2D eigenvalue weighted by Gasteiger charge is -2.11. The number of alkyl halides is 3. The molecule has 3 rings (SSSR count). The topological polar surface area (TPSA) is 118 Å². The number of nitrogens with two attached hydrogens (primary N) is 1. The van der Waals surface area contributed by atoms with Gasteiger partial charge < -0.3 is 10.3 Å². The van der Waals surface area contributed by atoms with Crippen LogP contribution in [0.1, 0.15) is 11.3 Å². The van der Waals surface area contributed by atoms with E-state index >= 15 is 0 Å². The van der Waals surface area contributed by atoms with Crippen molar-refractivity contribution in [2.75, 3.05) is 5.32 Å². The van der Waals surface area contributed by atoms with Crippen LogP contribution in [-0.2, 0) is 27.4 Å². The zero-order valence-corrected chi connectivity index (χ0v) is 15.8. The molecule has 1 amide bonds. The summed E-state index contributed by atoms with van der Waals surface area (Å²) in [5.74, 6) is -1.58. The number of imidazole rings is 1. The number of H-pyrrole nitrogens is 1. The first kappa shape index (κ1) is 21.5. The monoisotopic (exact) mass is 442 g/mol. The highest BCUT2D eigenvalue weighted by molar-refractivity contribution is 7.89. The molecule has 7 nitrogen and oxygen atoms in total. The lowest BCUT2D eigenvalue weighted by Crippen LogP contribution is -2.17. The molecule has 0 saturated carbocycles. The smallest absolute Gasteiger partial charge is 0.334 e. The van der Waals surface area contributed by atoms with Gasteiger partial charge in [-0.05, 0) is 29.8 Å². The Bertz CT molecular complexity index is 1210. The molecule has 0 spiro atoms. The Morgan fingerprint density at radius 1 is 1.17 bits per heavy atom. The Labute approximate surface area is 168 Å². The quantitative estimate of drug-likeness (QED) is 0.527. The maximum absolute atomic E-state index is 13.7. The third-order valence-electron chi connectivity index (χ3n) is 4.02. The number of benzene rings is 2. The minimum absolute atomic E-state index is 0.00622. The number of anilines is 1. The number of nitrogens with zero attached hydrogens (tertiary/aromatic N) is 1. The van der Waals surface area contributed by atoms with Gasteiger partial charge in [-0.15, -0.1) is 0 Å². The second-order valence-electron chi connectivity index (χ2n) is 6.22. The fraction of sp³-hybridized carbons (Fsp3) is 0.111. The van der Waals surface area contributed by atoms with E-state index in [9.17, 15) is 30.8 Å². The zero-order valence-electron chi connectivity index (χ0n) is 15.0. The van der Waals surface area contributed by atoms with Gasteiger partial charge in [-0.1, -0.05) is 18.2 Å². The van der Waals surface area contributed by atoms with Crippen LogP contribution in [-0.4, -0.2) is 24.3 Å². The van der Waals surface area contributed by atoms with Crippen LogP contribution in [0.25, 0.3) is 11.4 Å². The average Bonchev–Trinajstić information content (AvgIpc) is 3.13. The van der Waals surface area contributed by atoms with Gasteiger partial charge in [-0.3, -0.25) is 4.79 Å². The number of halogens is 4. The van der Waals surface area contributed by atoms with E-state index in [1.165, 1.54) is 24.3 Å². The summed E-state index contributed by atoms with van der Waals surface area (Å²) in [6, 6.07) is 9.03. The first-order valence-electron chi connectivity index (χ1n) is 8.28. The maximum atomic E-state index is 13.7. The van der Waals surface area contributed by atoms with E-state index in [1.54, 1.807) is 6.07 Å². The predicted octanol–water partition coefficient (Wildman–Crippen LogP) is 3.06. The van der Waals surface area contributed by atoms with Crippen LogP contribution in [0.3, 0.4) is 0 Å². The standard InChI is InChI=1S/C18H14F4N4O3S/c19-13-4-2-1-3-10(13)7-16(27)25-11-5-6-12(14(8-11)30(23,28)29)17-24-9-15(26-17)18(20,21)22/h1-6,8-9H,7H2,(H,24,26)(H,25,27)(H2,23,28,29). The van der Waals surface area contributed by atoms with E-state index in [0.29, 0.717) is 6.20 Å². The van der Waals surface area contributed by atoms with E-state index < -0.39 is 38.5 Å². The summed E-state index contributed by atoms with van der Waals surface area (Å²) in [5, 5.41) is 7.58.